The van der Waals surface area contributed by atoms with Gasteiger partial charge in [0.15, 0.2) is 8.68 Å². The van der Waals surface area contributed by atoms with E-state index in [-0.39, 0.29) is 8.68 Å². The number of hydrogen-bond donors (Lipinski definition) is 1. The van der Waals surface area contributed by atoms with Gasteiger partial charge in [-0.2, -0.15) is 0 Å². The Hall–Kier alpha value is -0.170. The number of sulfonamides is 1. The molecule has 90 valence electrons. The standard InChI is InChI=1S/C9H13ClN2O2S2/c1-6-8(15-9(10)12-6)16(13,14)11-5-7-3-2-4-7/h7,11H,2-5H2,1H3. The molecular weight excluding hydrogens is 268 g/mol. The van der Waals surface area contributed by atoms with Gasteiger partial charge < -0.3 is 0 Å². The molecule has 0 bridgehead atoms. The largest absolute Gasteiger partial charge is 0.251 e. The molecule has 1 N–H and O–H groups in total. The van der Waals surface area contributed by atoms with Crippen LogP contribution >= 0.6 is 22.9 Å². The van der Waals surface area contributed by atoms with Crippen LogP contribution in [0, 0.1) is 12.8 Å². The van der Waals surface area contributed by atoms with Crippen LogP contribution in [0.25, 0.3) is 0 Å². The van der Waals surface area contributed by atoms with E-state index in [9.17, 15) is 8.42 Å². The molecule has 2 rings (SSSR count). The zero-order chi connectivity index (χ0) is 11.8. The molecule has 0 spiro atoms. The highest BCUT2D eigenvalue weighted by Crippen LogP contribution is 2.28. The molecule has 4 nitrogen and oxygen atoms in total. The number of thiazole rings is 1. The van der Waals surface area contributed by atoms with Gasteiger partial charge >= 0.3 is 0 Å². The summed E-state index contributed by atoms with van der Waals surface area (Å²) in [6, 6.07) is 0. The van der Waals surface area contributed by atoms with E-state index in [4.69, 9.17) is 11.6 Å². The predicted octanol–water partition coefficient (Wildman–Crippen LogP) is 2.18. The molecule has 0 atom stereocenters. The van der Waals surface area contributed by atoms with Gasteiger partial charge in [-0.1, -0.05) is 29.4 Å². The summed E-state index contributed by atoms with van der Waals surface area (Å²) in [5.41, 5.74) is 0.469. The SMILES string of the molecule is Cc1nc(Cl)sc1S(=O)(=O)NCC1CCC1. The second-order valence-electron chi connectivity index (χ2n) is 3.99. The number of halogens is 1. The van der Waals surface area contributed by atoms with Crippen LogP contribution in [0.2, 0.25) is 4.47 Å². The number of nitrogens with zero attached hydrogens (tertiary/aromatic N) is 1. The monoisotopic (exact) mass is 280 g/mol. The maximum Gasteiger partial charge on any atom is 0.251 e. The molecule has 1 saturated carbocycles. The quantitative estimate of drug-likeness (QED) is 0.920. The number of aromatic nitrogens is 1. The molecule has 0 unspecified atom stereocenters. The smallest absolute Gasteiger partial charge is 0.229 e. The van der Waals surface area contributed by atoms with Gasteiger partial charge in [0.25, 0.3) is 10.0 Å². The summed E-state index contributed by atoms with van der Waals surface area (Å²) in [7, 11) is -3.42. The first-order chi connectivity index (χ1) is 7.49. The minimum Gasteiger partial charge on any atom is -0.229 e. The third-order valence-electron chi connectivity index (χ3n) is 2.76. The average molecular weight is 281 g/mol. The molecule has 1 heterocycles. The zero-order valence-electron chi connectivity index (χ0n) is 8.86. The van der Waals surface area contributed by atoms with Gasteiger partial charge in [-0.15, -0.1) is 0 Å². The normalized spacial score (nSPS) is 17.4. The van der Waals surface area contributed by atoms with Gasteiger partial charge in [-0.3, -0.25) is 0 Å². The molecule has 1 aromatic heterocycles. The molecule has 0 radical (unpaired) electrons. The van der Waals surface area contributed by atoms with E-state index in [1.54, 1.807) is 6.92 Å². The lowest BCUT2D eigenvalue weighted by Gasteiger charge is -2.25. The Morgan fingerprint density at radius 2 is 2.25 bits per heavy atom. The Morgan fingerprint density at radius 1 is 1.56 bits per heavy atom. The van der Waals surface area contributed by atoms with Gasteiger partial charge in [0.05, 0.1) is 5.69 Å². The van der Waals surface area contributed by atoms with Crippen molar-refractivity contribution in [1.29, 1.82) is 0 Å². The molecular formula is C9H13ClN2O2S2. The van der Waals surface area contributed by atoms with Crippen molar-refractivity contribution in [3.05, 3.63) is 10.2 Å². The van der Waals surface area contributed by atoms with E-state index in [1.165, 1.54) is 6.42 Å². The van der Waals surface area contributed by atoms with Gasteiger partial charge in [-0.25, -0.2) is 18.1 Å². The summed E-state index contributed by atoms with van der Waals surface area (Å²) in [5, 5.41) is 0. The first-order valence-corrected chi connectivity index (χ1v) is 7.79. The first-order valence-electron chi connectivity index (χ1n) is 5.11. The van der Waals surface area contributed by atoms with Crippen LogP contribution in [0.4, 0.5) is 0 Å². The van der Waals surface area contributed by atoms with E-state index >= 15 is 0 Å². The molecule has 0 aromatic carbocycles. The van der Waals surface area contributed by atoms with Gasteiger partial charge in [0.1, 0.15) is 0 Å². The van der Waals surface area contributed by atoms with Crippen molar-refractivity contribution in [3.63, 3.8) is 0 Å². The van der Waals surface area contributed by atoms with E-state index in [0.717, 1.165) is 24.2 Å². The van der Waals surface area contributed by atoms with Crippen LogP contribution in [0.5, 0.6) is 0 Å². The van der Waals surface area contributed by atoms with E-state index in [1.807, 2.05) is 0 Å². The fourth-order valence-electron chi connectivity index (χ4n) is 1.59. The average Bonchev–Trinajstić information content (AvgIpc) is 2.43. The Balaban J connectivity index is 2.08. The highest BCUT2D eigenvalue weighted by atomic mass is 35.5. The molecule has 7 heteroatoms. The molecule has 0 amide bonds. The Labute approximate surface area is 104 Å². The van der Waals surface area contributed by atoms with Crippen LogP contribution in [0.15, 0.2) is 4.21 Å². The summed E-state index contributed by atoms with van der Waals surface area (Å²) in [6.45, 7) is 2.18. The lowest BCUT2D eigenvalue weighted by Crippen LogP contribution is -2.32. The molecule has 1 aliphatic rings. The van der Waals surface area contributed by atoms with Gasteiger partial charge in [0, 0.05) is 6.54 Å². The molecule has 1 aromatic rings. The summed E-state index contributed by atoms with van der Waals surface area (Å²) >= 11 is 6.69. The van der Waals surface area contributed by atoms with E-state index in [2.05, 4.69) is 9.71 Å². The second-order valence-corrected chi connectivity index (χ2v) is 7.53. The van der Waals surface area contributed by atoms with Crippen molar-refractivity contribution in [2.75, 3.05) is 6.54 Å². The molecule has 16 heavy (non-hydrogen) atoms. The highest BCUT2D eigenvalue weighted by Gasteiger charge is 2.24. The van der Waals surface area contributed by atoms with Crippen LogP contribution < -0.4 is 4.72 Å². The van der Waals surface area contributed by atoms with Crippen LogP contribution in [0.1, 0.15) is 25.0 Å². The van der Waals surface area contributed by atoms with Crippen molar-refractivity contribution in [1.82, 2.24) is 9.71 Å². The predicted molar refractivity (Wildman–Crippen MR) is 64.4 cm³/mol. The number of nitrogens with one attached hydrogen (secondary N) is 1. The summed E-state index contributed by atoms with van der Waals surface area (Å²) in [4.78, 5) is 3.90. The van der Waals surface area contributed by atoms with Crippen molar-refractivity contribution >= 4 is 33.0 Å². The summed E-state index contributed by atoms with van der Waals surface area (Å²) < 4.78 is 26.9. The summed E-state index contributed by atoms with van der Waals surface area (Å²) in [6.07, 6.45) is 3.44. The lowest BCUT2D eigenvalue weighted by atomic mass is 9.86. The maximum absolute atomic E-state index is 11.9. The fraction of sp³-hybridized carbons (Fsp3) is 0.667. The van der Waals surface area contributed by atoms with Crippen molar-refractivity contribution < 1.29 is 8.42 Å². The molecule has 0 saturated heterocycles. The minimum atomic E-state index is -3.42. The van der Waals surface area contributed by atoms with Crippen LogP contribution in [-0.4, -0.2) is 19.9 Å². The van der Waals surface area contributed by atoms with Crippen LogP contribution in [0.3, 0.4) is 0 Å². The Morgan fingerprint density at radius 3 is 2.69 bits per heavy atom. The maximum atomic E-state index is 11.9. The van der Waals surface area contributed by atoms with Gasteiger partial charge in [-0.05, 0) is 25.7 Å². The molecule has 0 aliphatic heterocycles. The van der Waals surface area contributed by atoms with Crippen molar-refractivity contribution in [2.45, 2.75) is 30.4 Å². The fourth-order valence-corrected chi connectivity index (χ4v) is 4.49. The van der Waals surface area contributed by atoms with Gasteiger partial charge in [0.2, 0.25) is 0 Å². The Kier molecular flexibility index (Phi) is 3.53. The molecule has 1 aliphatic carbocycles. The van der Waals surface area contributed by atoms with Crippen LogP contribution in [-0.2, 0) is 10.0 Å². The zero-order valence-corrected chi connectivity index (χ0v) is 11.3. The third-order valence-corrected chi connectivity index (χ3v) is 6.05. The summed E-state index contributed by atoms with van der Waals surface area (Å²) in [5.74, 6) is 0.499. The van der Waals surface area contributed by atoms with Crippen molar-refractivity contribution in [2.24, 2.45) is 5.92 Å². The molecule has 1 fully saturated rings. The van der Waals surface area contributed by atoms with E-state index < -0.39 is 10.0 Å². The lowest BCUT2D eigenvalue weighted by molar-refractivity contribution is 0.316. The number of rotatable bonds is 4. The van der Waals surface area contributed by atoms with E-state index in [0.29, 0.717) is 18.2 Å². The number of aryl methyl sites for hydroxylation is 1. The number of hydrogen-bond acceptors (Lipinski definition) is 4. The highest BCUT2D eigenvalue weighted by molar-refractivity contribution is 7.91. The first kappa shape index (κ1) is 12.3. The third kappa shape index (κ3) is 2.56. The Bertz CT molecular complexity index is 480. The minimum absolute atomic E-state index is 0.233. The topological polar surface area (TPSA) is 59.1 Å². The second kappa shape index (κ2) is 4.60. The van der Waals surface area contributed by atoms with Crippen molar-refractivity contribution in [3.8, 4) is 0 Å².